The quantitative estimate of drug-likeness (QED) is 0.802. The van der Waals surface area contributed by atoms with E-state index < -0.39 is 17.5 Å². The Hall–Kier alpha value is -1.97. The smallest absolute Gasteiger partial charge is 0.167 e. The highest BCUT2D eigenvalue weighted by Crippen LogP contribution is 2.21. The van der Waals surface area contributed by atoms with Crippen LogP contribution in [0.2, 0.25) is 0 Å². The van der Waals surface area contributed by atoms with Crippen molar-refractivity contribution in [2.24, 2.45) is 0 Å². The van der Waals surface area contributed by atoms with E-state index in [-0.39, 0.29) is 17.9 Å². The lowest BCUT2D eigenvalue weighted by molar-refractivity contribution is 0.282. The summed E-state index contributed by atoms with van der Waals surface area (Å²) in [5.74, 6) is -2.38. The standard InChI is InChI=1S/C14H11F3O/c1-9-4-2-7-12(13(9)16)18-8-10-5-3-6-11(15)14(10)17/h2-7H,8H2,1H3. The fourth-order valence-electron chi connectivity index (χ4n) is 1.55. The molecule has 0 bridgehead atoms. The van der Waals surface area contributed by atoms with Gasteiger partial charge in [0.1, 0.15) is 6.61 Å². The third-order valence-corrected chi connectivity index (χ3v) is 2.57. The van der Waals surface area contributed by atoms with Crippen molar-refractivity contribution >= 4 is 0 Å². The van der Waals surface area contributed by atoms with Crippen LogP contribution in [0.1, 0.15) is 11.1 Å². The van der Waals surface area contributed by atoms with E-state index in [4.69, 9.17) is 4.74 Å². The Bertz CT molecular complexity index is 515. The van der Waals surface area contributed by atoms with Crippen LogP contribution in [0.15, 0.2) is 36.4 Å². The molecule has 94 valence electrons. The third-order valence-electron chi connectivity index (χ3n) is 2.57. The van der Waals surface area contributed by atoms with Gasteiger partial charge in [0, 0.05) is 5.56 Å². The van der Waals surface area contributed by atoms with Gasteiger partial charge in [0.05, 0.1) is 0 Å². The van der Waals surface area contributed by atoms with Crippen molar-refractivity contribution in [2.75, 3.05) is 0 Å². The number of benzene rings is 2. The van der Waals surface area contributed by atoms with E-state index in [1.54, 1.807) is 19.1 Å². The predicted molar refractivity (Wildman–Crippen MR) is 61.8 cm³/mol. The fourth-order valence-corrected chi connectivity index (χ4v) is 1.55. The molecule has 0 aliphatic heterocycles. The van der Waals surface area contributed by atoms with Gasteiger partial charge in [0.2, 0.25) is 0 Å². The Kier molecular flexibility index (Phi) is 3.55. The van der Waals surface area contributed by atoms with Gasteiger partial charge in [-0.3, -0.25) is 0 Å². The summed E-state index contributed by atoms with van der Waals surface area (Å²) < 4.78 is 45.0. The van der Waals surface area contributed by atoms with Crippen molar-refractivity contribution in [3.05, 3.63) is 65.0 Å². The Morgan fingerprint density at radius 3 is 2.44 bits per heavy atom. The van der Waals surface area contributed by atoms with Crippen LogP contribution >= 0.6 is 0 Å². The highest BCUT2D eigenvalue weighted by Gasteiger charge is 2.10. The van der Waals surface area contributed by atoms with E-state index >= 15 is 0 Å². The lowest BCUT2D eigenvalue weighted by Gasteiger charge is -2.09. The lowest BCUT2D eigenvalue weighted by atomic mass is 10.2. The maximum Gasteiger partial charge on any atom is 0.167 e. The van der Waals surface area contributed by atoms with Gasteiger partial charge in [-0.25, -0.2) is 13.2 Å². The molecule has 0 heterocycles. The van der Waals surface area contributed by atoms with Crippen LogP contribution in [0.4, 0.5) is 13.2 Å². The summed E-state index contributed by atoms with van der Waals surface area (Å²) in [4.78, 5) is 0. The van der Waals surface area contributed by atoms with Crippen molar-refractivity contribution in [3.8, 4) is 5.75 Å². The molecule has 2 rings (SSSR count). The molecule has 2 aromatic carbocycles. The average molecular weight is 252 g/mol. The minimum Gasteiger partial charge on any atom is -0.486 e. The molecule has 18 heavy (non-hydrogen) atoms. The van der Waals surface area contributed by atoms with Crippen LogP contribution in [0.5, 0.6) is 5.75 Å². The van der Waals surface area contributed by atoms with E-state index in [0.29, 0.717) is 5.56 Å². The first-order valence-corrected chi connectivity index (χ1v) is 5.40. The highest BCUT2D eigenvalue weighted by atomic mass is 19.2. The number of rotatable bonds is 3. The average Bonchev–Trinajstić information content (AvgIpc) is 2.36. The highest BCUT2D eigenvalue weighted by molar-refractivity contribution is 5.30. The van der Waals surface area contributed by atoms with Gasteiger partial charge in [-0.1, -0.05) is 24.3 Å². The van der Waals surface area contributed by atoms with Crippen LogP contribution in [-0.2, 0) is 6.61 Å². The Morgan fingerprint density at radius 1 is 0.944 bits per heavy atom. The first-order chi connectivity index (χ1) is 8.59. The van der Waals surface area contributed by atoms with Crippen molar-refractivity contribution in [1.82, 2.24) is 0 Å². The molecule has 4 heteroatoms. The Balaban J connectivity index is 2.17. The maximum atomic E-state index is 13.6. The van der Waals surface area contributed by atoms with Crippen LogP contribution in [0.3, 0.4) is 0 Å². The Morgan fingerprint density at radius 2 is 1.67 bits per heavy atom. The van der Waals surface area contributed by atoms with Gasteiger partial charge < -0.3 is 4.74 Å². The molecule has 0 aliphatic carbocycles. The number of halogens is 3. The van der Waals surface area contributed by atoms with Gasteiger partial charge in [-0.2, -0.15) is 0 Å². The van der Waals surface area contributed by atoms with Gasteiger partial charge >= 0.3 is 0 Å². The van der Waals surface area contributed by atoms with Crippen molar-refractivity contribution in [2.45, 2.75) is 13.5 Å². The monoisotopic (exact) mass is 252 g/mol. The number of hydrogen-bond donors (Lipinski definition) is 0. The number of hydrogen-bond acceptors (Lipinski definition) is 1. The molecule has 0 N–H and O–H groups in total. The molecular weight excluding hydrogens is 241 g/mol. The summed E-state index contributed by atoms with van der Waals surface area (Å²) in [7, 11) is 0. The molecule has 0 aromatic heterocycles. The third kappa shape index (κ3) is 2.47. The second-order valence-corrected chi connectivity index (χ2v) is 3.89. The molecule has 0 atom stereocenters. The second kappa shape index (κ2) is 5.12. The molecule has 0 fully saturated rings. The summed E-state index contributed by atoms with van der Waals surface area (Å²) in [6.45, 7) is 1.38. The molecule has 0 unspecified atom stereocenters. The minimum absolute atomic E-state index is 0.0265. The maximum absolute atomic E-state index is 13.6. The van der Waals surface area contributed by atoms with Crippen molar-refractivity contribution in [3.63, 3.8) is 0 Å². The van der Waals surface area contributed by atoms with E-state index in [1.165, 1.54) is 18.2 Å². The lowest BCUT2D eigenvalue weighted by Crippen LogP contribution is -2.02. The first-order valence-electron chi connectivity index (χ1n) is 5.40. The summed E-state index contributed by atoms with van der Waals surface area (Å²) in [5.41, 5.74) is 0.489. The van der Waals surface area contributed by atoms with Crippen molar-refractivity contribution in [1.29, 1.82) is 0 Å². The van der Waals surface area contributed by atoms with Crippen LogP contribution in [0.25, 0.3) is 0 Å². The largest absolute Gasteiger partial charge is 0.486 e. The molecular formula is C14H11F3O. The van der Waals surface area contributed by atoms with Crippen LogP contribution in [0, 0.1) is 24.4 Å². The molecule has 0 amide bonds. The molecule has 2 aromatic rings. The van der Waals surface area contributed by atoms with E-state index in [1.807, 2.05) is 0 Å². The predicted octanol–water partition coefficient (Wildman–Crippen LogP) is 3.99. The van der Waals surface area contributed by atoms with E-state index in [2.05, 4.69) is 0 Å². The molecule has 0 radical (unpaired) electrons. The summed E-state index contributed by atoms with van der Waals surface area (Å²) >= 11 is 0. The molecule has 0 aliphatic rings. The van der Waals surface area contributed by atoms with E-state index in [0.717, 1.165) is 6.07 Å². The summed E-state index contributed by atoms with van der Waals surface area (Å²) in [5, 5.41) is 0. The van der Waals surface area contributed by atoms with Gasteiger partial charge in [0.25, 0.3) is 0 Å². The molecule has 0 spiro atoms. The van der Waals surface area contributed by atoms with Gasteiger partial charge in [-0.05, 0) is 24.6 Å². The molecule has 0 saturated heterocycles. The van der Waals surface area contributed by atoms with Gasteiger partial charge in [0.15, 0.2) is 23.2 Å². The first kappa shape index (κ1) is 12.5. The van der Waals surface area contributed by atoms with Gasteiger partial charge in [-0.15, -0.1) is 0 Å². The zero-order chi connectivity index (χ0) is 13.1. The van der Waals surface area contributed by atoms with Crippen molar-refractivity contribution < 1.29 is 17.9 Å². The number of aryl methyl sites for hydroxylation is 1. The molecule has 1 nitrogen and oxygen atoms in total. The summed E-state index contributed by atoms with van der Waals surface area (Å²) in [6.07, 6.45) is 0. The second-order valence-electron chi connectivity index (χ2n) is 3.89. The summed E-state index contributed by atoms with van der Waals surface area (Å²) in [6, 6.07) is 8.47. The minimum atomic E-state index is -0.967. The topological polar surface area (TPSA) is 9.23 Å². The molecule has 0 saturated carbocycles. The number of ether oxygens (including phenoxy) is 1. The fraction of sp³-hybridized carbons (Fsp3) is 0.143. The zero-order valence-electron chi connectivity index (χ0n) is 9.71. The van der Waals surface area contributed by atoms with Crippen LogP contribution in [-0.4, -0.2) is 0 Å². The zero-order valence-corrected chi connectivity index (χ0v) is 9.71. The SMILES string of the molecule is Cc1cccc(OCc2cccc(F)c2F)c1F. The van der Waals surface area contributed by atoms with E-state index in [9.17, 15) is 13.2 Å². The van der Waals surface area contributed by atoms with Crippen LogP contribution < -0.4 is 4.74 Å². The Labute approximate surface area is 103 Å². The normalized spacial score (nSPS) is 10.4.